The Bertz CT molecular complexity index is 554. The highest BCUT2D eigenvalue weighted by molar-refractivity contribution is 7.21. The number of carbonyl (C=O) groups is 2. The number of aliphatic carboxylic acids is 1. The van der Waals surface area contributed by atoms with Crippen LogP contribution < -0.4 is 0 Å². The van der Waals surface area contributed by atoms with Crippen molar-refractivity contribution in [1.29, 1.82) is 0 Å². The quantitative estimate of drug-likeness (QED) is 0.624. The van der Waals surface area contributed by atoms with Crippen LogP contribution in [0.2, 0.25) is 0 Å². The van der Waals surface area contributed by atoms with Crippen LogP contribution >= 0.6 is 11.3 Å². The number of thiophene rings is 1. The van der Waals surface area contributed by atoms with Gasteiger partial charge in [-0.2, -0.15) is 0 Å². The molecule has 2 rings (SSSR count). The molecule has 0 aliphatic heterocycles. The zero-order chi connectivity index (χ0) is 11.0. The highest BCUT2D eigenvalue weighted by Crippen LogP contribution is 2.30. The van der Waals surface area contributed by atoms with Crippen LogP contribution in [-0.4, -0.2) is 16.9 Å². The van der Waals surface area contributed by atoms with Gasteiger partial charge in [0.05, 0.1) is 4.88 Å². The van der Waals surface area contributed by atoms with Crippen LogP contribution in [0.25, 0.3) is 10.1 Å². The SMILES string of the molecule is Cc1c(C(=O)C(=O)O)sc2ccccc12. The van der Waals surface area contributed by atoms with Crippen LogP contribution in [-0.2, 0) is 4.79 Å². The van der Waals surface area contributed by atoms with Crippen LogP contribution in [0.15, 0.2) is 24.3 Å². The average molecular weight is 220 g/mol. The molecule has 1 aromatic heterocycles. The molecule has 0 aliphatic carbocycles. The number of rotatable bonds is 2. The van der Waals surface area contributed by atoms with Crippen molar-refractivity contribution in [3.8, 4) is 0 Å². The van der Waals surface area contributed by atoms with Crippen molar-refractivity contribution >= 4 is 33.2 Å². The lowest BCUT2D eigenvalue weighted by Gasteiger charge is -1.92. The summed E-state index contributed by atoms with van der Waals surface area (Å²) in [5.74, 6) is -2.22. The molecule has 0 spiro atoms. The molecule has 2 aromatic rings. The average Bonchev–Trinajstić information content (AvgIpc) is 2.56. The van der Waals surface area contributed by atoms with Crippen LogP contribution in [0, 0.1) is 6.92 Å². The van der Waals surface area contributed by atoms with E-state index in [0.29, 0.717) is 4.88 Å². The molecule has 1 heterocycles. The van der Waals surface area contributed by atoms with E-state index in [-0.39, 0.29) is 0 Å². The maximum absolute atomic E-state index is 11.3. The molecule has 0 bridgehead atoms. The molecule has 15 heavy (non-hydrogen) atoms. The third kappa shape index (κ3) is 1.53. The normalized spacial score (nSPS) is 10.5. The summed E-state index contributed by atoms with van der Waals surface area (Å²) in [6.07, 6.45) is 0. The fourth-order valence-electron chi connectivity index (χ4n) is 1.49. The highest BCUT2D eigenvalue weighted by Gasteiger charge is 2.20. The summed E-state index contributed by atoms with van der Waals surface area (Å²) in [6.45, 7) is 1.77. The molecule has 1 N–H and O–H groups in total. The van der Waals surface area contributed by atoms with E-state index in [1.54, 1.807) is 6.92 Å². The minimum Gasteiger partial charge on any atom is -0.475 e. The van der Waals surface area contributed by atoms with Crippen LogP contribution in [0.4, 0.5) is 0 Å². The first-order valence-corrected chi connectivity index (χ1v) is 5.18. The smallest absolute Gasteiger partial charge is 0.378 e. The van der Waals surface area contributed by atoms with Gasteiger partial charge in [0.25, 0.3) is 5.78 Å². The fraction of sp³-hybridized carbons (Fsp3) is 0.0909. The largest absolute Gasteiger partial charge is 0.475 e. The molecule has 0 saturated heterocycles. The van der Waals surface area contributed by atoms with Crippen molar-refractivity contribution in [2.24, 2.45) is 0 Å². The van der Waals surface area contributed by atoms with Gasteiger partial charge >= 0.3 is 5.97 Å². The van der Waals surface area contributed by atoms with Crippen molar-refractivity contribution < 1.29 is 14.7 Å². The number of Topliss-reactive ketones (excluding diaryl/α,β-unsaturated/α-hetero) is 1. The molecule has 4 heteroatoms. The first-order chi connectivity index (χ1) is 7.11. The third-order valence-corrected chi connectivity index (χ3v) is 3.52. The topological polar surface area (TPSA) is 54.4 Å². The van der Waals surface area contributed by atoms with Gasteiger partial charge < -0.3 is 5.11 Å². The van der Waals surface area contributed by atoms with Crippen molar-refractivity contribution in [3.63, 3.8) is 0 Å². The zero-order valence-corrected chi connectivity index (χ0v) is 8.80. The third-order valence-electron chi connectivity index (χ3n) is 2.24. The Hall–Kier alpha value is -1.68. The van der Waals surface area contributed by atoms with E-state index in [1.165, 1.54) is 11.3 Å². The lowest BCUT2D eigenvalue weighted by atomic mass is 10.1. The number of aryl methyl sites for hydroxylation is 1. The fourth-order valence-corrected chi connectivity index (χ4v) is 2.63. The first-order valence-electron chi connectivity index (χ1n) is 4.37. The molecule has 76 valence electrons. The van der Waals surface area contributed by atoms with E-state index >= 15 is 0 Å². The summed E-state index contributed by atoms with van der Waals surface area (Å²) in [5.41, 5.74) is 0.753. The Balaban J connectivity index is 2.68. The lowest BCUT2D eigenvalue weighted by molar-refractivity contribution is -0.131. The number of carboxylic acid groups (broad SMARTS) is 1. The molecule has 0 unspecified atom stereocenters. The maximum atomic E-state index is 11.3. The van der Waals surface area contributed by atoms with Crippen molar-refractivity contribution in [1.82, 2.24) is 0 Å². The summed E-state index contributed by atoms with van der Waals surface area (Å²) in [7, 11) is 0. The van der Waals surface area contributed by atoms with Gasteiger partial charge in [-0.25, -0.2) is 4.79 Å². The lowest BCUT2D eigenvalue weighted by Crippen LogP contribution is -2.11. The molecular formula is C11H8O3S. The monoisotopic (exact) mass is 220 g/mol. The zero-order valence-electron chi connectivity index (χ0n) is 7.98. The van der Waals surface area contributed by atoms with E-state index in [9.17, 15) is 9.59 Å². The number of hydrogen-bond acceptors (Lipinski definition) is 3. The molecular weight excluding hydrogens is 212 g/mol. The van der Waals surface area contributed by atoms with Gasteiger partial charge in [0.1, 0.15) is 0 Å². The van der Waals surface area contributed by atoms with E-state index in [4.69, 9.17) is 5.11 Å². The second-order valence-electron chi connectivity index (χ2n) is 3.19. The number of carboxylic acids is 1. The van der Waals surface area contributed by atoms with Gasteiger partial charge in [0, 0.05) is 4.70 Å². The standard InChI is InChI=1S/C11H8O3S/c1-6-7-4-2-3-5-8(7)15-10(6)9(12)11(13)14/h2-5H,1H3,(H,13,14). The maximum Gasteiger partial charge on any atom is 0.378 e. The number of hydrogen-bond donors (Lipinski definition) is 1. The van der Waals surface area contributed by atoms with E-state index < -0.39 is 11.8 Å². The van der Waals surface area contributed by atoms with E-state index in [0.717, 1.165) is 15.6 Å². The molecule has 1 aromatic carbocycles. The summed E-state index contributed by atoms with van der Waals surface area (Å²) in [6, 6.07) is 7.51. The van der Waals surface area contributed by atoms with Crippen LogP contribution in [0.3, 0.4) is 0 Å². The second-order valence-corrected chi connectivity index (χ2v) is 4.24. The summed E-state index contributed by atoms with van der Waals surface area (Å²) in [5, 5.41) is 9.59. The molecule has 0 atom stereocenters. The van der Waals surface area contributed by atoms with Gasteiger partial charge in [-0.05, 0) is 23.9 Å². The molecule has 3 nitrogen and oxygen atoms in total. The molecule has 0 fully saturated rings. The Morgan fingerprint density at radius 2 is 1.93 bits per heavy atom. The van der Waals surface area contributed by atoms with Crippen LogP contribution in [0.5, 0.6) is 0 Å². The Labute approximate surface area is 90.0 Å². The van der Waals surface area contributed by atoms with E-state index in [2.05, 4.69) is 0 Å². The number of fused-ring (bicyclic) bond motifs is 1. The number of carbonyl (C=O) groups excluding carboxylic acids is 1. The predicted octanol–water partition coefficient (Wildman–Crippen LogP) is 2.48. The second kappa shape index (κ2) is 3.47. The Morgan fingerprint density at radius 3 is 2.53 bits per heavy atom. The Kier molecular flexibility index (Phi) is 2.28. The molecule has 0 saturated carbocycles. The van der Waals surface area contributed by atoms with Crippen LogP contribution in [0.1, 0.15) is 15.2 Å². The van der Waals surface area contributed by atoms with Gasteiger partial charge in [0.15, 0.2) is 0 Å². The number of benzene rings is 1. The summed E-state index contributed by atoms with van der Waals surface area (Å²) >= 11 is 1.23. The summed E-state index contributed by atoms with van der Waals surface area (Å²) in [4.78, 5) is 22.3. The van der Waals surface area contributed by atoms with Gasteiger partial charge in [0.2, 0.25) is 0 Å². The minimum atomic E-state index is -1.40. The van der Waals surface area contributed by atoms with Crippen molar-refractivity contribution in [3.05, 3.63) is 34.7 Å². The number of ketones is 1. The van der Waals surface area contributed by atoms with Gasteiger partial charge in [-0.15, -0.1) is 11.3 Å². The minimum absolute atomic E-state index is 0.323. The predicted molar refractivity (Wildman–Crippen MR) is 58.5 cm³/mol. The van der Waals surface area contributed by atoms with Gasteiger partial charge in [-0.1, -0.05) is 18.2 Å². The first kappa shape index (κ1) is 9.86. The highest BCUT2D eigenvalue weighted by atomic mass is 32.1. The molecule has 0 radical (unpaired) electrons. The summed E-state index contributed by atoms with van der Waals surface area (Å²) < 4.78 is 0.944. The molecule has 0 aliphatic rings. The van der Waals surface area contributed by atoms with E-state index in [1.807, 2.05) is 24.3 Å². The molecule has 0 amide bonds. The Morgan fingerprint density at radius 1 is 1.27 bits per heavy atom. The van der Waals surface area contributed by atoms with Crippen molar-refractivity contribution in [2.75, 3.05) is 0 Å². The van der Waals surface area contributed by atoms with Crippen molar-refractivity contribution in [2.45, 2.75) is 6.92 Å². The van der Waals surface area contributed by atoms with Gasteiger partial charge in [-0.3, -0.25) is 4.79 Å².